The molecule has 9 heteroatoms. The molecule has 2 aliphatic heterocycles. The van der Waals surface area contributed by atoms with Crippen molar-refractivity contribution in [1.82, 2.24) is 19.4 Å². The van der Waals surface area contributed by atoms with Gasteiger partial charge < -0.3 is 10.1 Å². The molecule has 2 saturated heterocycles. The maximum absolute atomic E-state index is 13.3. The number of carbonyl (C=O) groups is 1. The summed E-state index contributed by atoms with van der Waals surface area (Å²) in [7, 11) is -1.83. The minimum Gasteiger partial charge on any atom is -0.354 e. The van der Waals surface area contributed by atoms with Gasteiger partial charge in [-0.1, -0.05) is 18.7 Å². The molecular formula is C20H24N4O4S. The number of fused-ring (bicyclic) bond motifs is 1. The van der Waals surface area contributed by atoms with Gasteiger partial charge in [0.15, 0.2) is 0 Å². The molecule has 0 radical (unpaired) electrons. The predicted molar refractivity (Wildman–Crippen MR) is 107 cm³/mol. The Balaban J connectivity index is 1.51. The van der Waals surface area contributed by atoms with Crippen LogP contribution in [0.5, 0.6) is 0 Å². The van der Waals surface area contributed by atoms with Crippen molar-refractivity contribution in [3.8, 4) is 11.3 Å². The molecule has 29 heavy (non-hydrogen) atoms. The van der Waals surface area contributed by atoms with E-state index in [0.29, 0.717) is 19.4 Å². The monoisotopic (exact) mass is 416 g/mol. The third-order valence-corrected chi connectivity index (χ3v) is 7.45. The normalized spacial score (nSPS) is 24.8. The van der Waals surface area contributed by atoms with Crippen LogP contribution in [0.4, 0.5) is 0 Å². The fourth-order valence-corrected chi connectivity index (χ4v) is 5.57. The lowest BCUT2D eigenvalue weighted by molar-refractivity contribution is -0.120. The summed E-state index contributed by atoms with van der Waals surface area (Å²) in [6.45, 7) is 4.16. The van der Waals surface area contributed by atoms with Gasteiger partial charge in [0.25, 0.3) is 0 Å². The van der Waals surface area contributed by atoms with Gasteiger partial charge >= 0.3 is 0 Å². The Labute approximate surface area is 170 Å². The fraction of sp³-hybridized carbons (Fsp3) is 0.400. The number of amides is 1. The number of benzene rings is 1. The number of hydrogen-bond donors (Lipinski definition) is 1. The van der Waals surface area contributed by atoms with E-state index in [4.69, 9.17) is 4.74 Å². The van der Waals surface area contributed by atoms with Crippen LogP contribution in [0.2, 0.25) is 0 Å². The summed E-state index contributed by atoms with van der Waals surface area (Å²) in [4.78, 5) is 11.8. The number of carbonyl (C=O) groups excluding carboxylic acids is 1. The number of aromatic nitrogens is 2. The van der Waals surface area contributed by atoms with Crippen molar-refractivity contribution in [3.05, 3.63) is 49.2 Å². The second-order valence-electron chi connectivity index (χ2n) is 7.39. The quantitative estimate of drug-likeness (QED) is 0.746. The smallest absolute Gasteiger partial charge is 0.245 e. The van der Waals surface area contributed by atoms with Crippen LogP contribution in [0.25, 0.3) is 11.3 Å². The Hall–Kier alpha value is -2.49. The first-order valence-corrected chi connectivity index (χ1v) is 11.0. The minimum atomic E-state index is -3.65. The van der Waals surface area contributed by atoms with Crippen molar-refractivity contribution in [1.29, 1.82) is 0 Å². The molecule has 2 aromatic rings. The highest BCUT2D eigenvalue weighted by atomic mass is 32.2. The standard InChI is InChI=1S/C20H24N4O4S/c1-3-19(25)22-20-12-15-8-10-24(13-18(15)28-20)29(26,27)16-6-4-5-14(11-16)17-7-9-21-23(17)2/h3-7,9,11,15,18,20H,1,8,10,12-13H2,2H3,(H,22,25). The molecule has 2 aliphatic rings. The van der Waals surface area contributed by atoms with Crippen molar-refractivity contribution in [3.63, 3.8) is 0 Å². The van der Waals surface area contributed by atoms with Crippen LogP contribution in [-0.2, 0) is 26.6 Å². The molecule has 1 amide bonds. The molecule has 3 heterocycles. The van der Waals surface area contributed by atoms with E-state index in [-0.39, 0.29) is 29.4 Å². The number of piperidine rings is 1. The van der Waals surface area contributed by atoms with Gasteiger partial charge in [-0.3, -0.25) is 9.48 Å². The van der Waals surface area contributed by atoms with E-state index in [9.17, 15) is 13.2 Å². The molecule has 1 aromatic heterocycles. The Kier molecular flexibility index (Phi) is 5.28. The molecule has 154 valence electrons. The number of ether oxygens (including phenoxy) is 1. The molecular weight excluding hydrogens is 392 g/mol. The Morgan fingerprint density at radius 1 is 1.38 bits per heavy atom. The van der Waals surface area contributed by atoms with E-state index in [1.54, 1.807) is 29.1 Å². The van der Waals surface area contributed by atoms with Crippen molar-refractivity contribution in [2.75, 3.05) is 13.1 Å². The van der Waals surface area contributed by atoms with Gasteiger partial charge in [-0.2, -0.15) is 9.40 Å². The first-order chi connectivity index (χ1) is 13.9. The van der Waals surface area contributed by atoms with Gasteiger partial charge in [-0.05, 0) is 43.0 Å². The van der Waals surface area contributed by atoms with Crippen LogP contribution in [0.1, 0.15) is 12.8 Å². The van der Waals surface area contributed by atoms with Crippen LogP contribution in [0, 0.1) is 5.92 Å². The lowest BCUT2D eigenvalue weighted by Gasteiger charge is -2.33. The number of rotatable bonds is 5. The van der Waals surface area contributed by atoms with Gasteiger partial charge in [0.05, 0.1) is 16.7 Å². The van der Waals surface area contributed by atoms with Crippen molar-refractivity contribution in [2.45, 2.75) is 30.1 Å². The van der Waals surface area contributed by atoms with Crippen molar-refractivity contribution in [2.24, 2.45) is 13.0 Å². The number of hydrogen-bond acceptors (Lipinski definition) is 5. The number of nitrogens with one attached hydrogen (secondary N) is 1. The largest absolute Gasteiger partial charge is 0.354 e. The maximum atomic E-state index is 13.3. The number of aryl methyl sites for hydroxylation is 1. The fourth-order valence-electron chi connectivity index (χ4n) is 4.05. The van der Waals surface area contributed by atoms with E-state index in [1.165, 1.54) is 10.4 Å². The molecule has 0 bridgehead atoms. The molecule has 8 nitrogen and oxygen atoms in total. The van der Waals surface area contributed by atoms with Gasteiger partial charge in [0, 0.05) is 31.9 Å². The Bertz CT molecular complexity index is 1030. The van der Waals surface area contributed by atoms with Crippen molar-refractivity contribution >= 4 is 15.9 Å². The molecule has 2 fully saturated rings. The van der Waals surface area contributed by atoms with E-state index < -0.39 is 16.3 Å². The zero-order chi connectivity index (χ0) is 20.6. The Morgan fingerprint density at radius 2 is 2.21 bits per heavy atom. The molecule has 0 aliphatic carbocycles. The summed E-state index contributed by atoms with van der Waals surface area (Å²) in [5, 5.41) is 6.89. The molecule has 0 spiro atoms. The number of nitrogens with zero attached hydrogens (tertiary/aromatic N) is 3. The molecule has 3 atom stereocenters. The zero-order valence-corrected chi connectivity index (χ0v) is 17.0. The minimum absolute atomic E-state index is 0.228. The van der Waals surface area contributed by atoms with Crippen LogP contribution < -0.4 is 5.32 Å². The van der Waals surface area contributed by atoms with Crippen LogP contribution >= 0.6 is 0 Å². The summed E-state index contributed by atoms with van der Waals surface area (Å²) in [6, 6.07) is 8.76. The van der Waals surface area contributed by atoms with E-state index in [1.807, 2.05) is 19.2 Å². The average molecular weight is 417 g/mol. The van der Waals surface area contributed by atoms with Gasteiger partial charge in [0.1, 0.15) is 6.23 Å². The summed E-state index contributed by atoms with van der Waals surface area (Å²) in [5.41, 5.74) is 1.64. The van der Waals surface area contributed by atoms with Crippen LogP contribution in [0.15, 0.2) is 54.1 Å². The van der Waals surface area contributed by atoms with E-state index in [2.05, 4.69) is 17.0 Å². The van der Waals surface area contributed by atoms with E-state index in [0.717, 1.165) is 11.3 Å². The summed E-state index contributed by atoms with van der Waals surface area (Å²) < 4.78 is 35.6. The highest BCUT2D eigenvalue weighted by molar-refractivity contribution is 7.89. The third-order valence-electron chi connectivity index (χ3n) is 5.59. The SMILES string of the molecule is C=CC(=O)NC1CC2CCN(S(=O)(=O)c3cccc(-c4ccnn4C)c3)CC2O1. The first kappa shape index (κ1) is 19.8. The average Bonchev–Trinajstić information content (AvgIpc) is 3.32. The van der Waals surface area contributed by atoms with Gasteiger partial charge in [-0.25, -0.2) is 8.42 Å². The van der Waals surface area contributed by atoms with Crippen LogP contribution in [0.3, 0.4) is 0 Å². The van der Waals surface area contributed by atoms with E-state index >= 15 is 0 Å². The second kappa shape index (κ2) is 7.74. The maximum Gasteiger partial charge on any atom is 0.245 e. The first-order valence-electron chi connectivity index (χ1n) is 9.55. The third kappa shape index (κ3) is 3.85. The van der Waals surface area contributed by atoms with Crippen LogP contribution in [-0.4, -0.2) is 53.8 Å². The number of sulfonamides is 1. The van der Waals surface area contributed by atoms with Gasteiger partial charge in [-0.15, -0.1) is 0 Å². The lowest BCUT2D eigenvalue weighted by atomic mass is 9.94. The molecule has 0 saturated carbocycles. The Morgan fingerprint density at radius 3 is 2.93 bits per heavy atom. The molecule has 1 aromatic carbocycles. The molecule has 3 unspecified atom stereocenters. The lowest BCUT2D eigenvalue weighted by Crippen LogP contribution is -2.45. The highest BCUT2D eigenvalue weighted by Crippen LogP contribution is 2.34. The summed E-state index contributed by atoms with van der Waals surface area (Å²) >= 11 is 0. The molecule has 4 rings (SSSR count). The zero-order valence-electron chi connectivity index (χ0n) is 16.2. The molecule has 1 N–H and O–H groups in total. The summed E-state index contributed by atoms with van der Waals surface area (Å²) in [6.07, 6.45) is 3.65. The van der Waals surface area contributed by atoms with Gasteiger partial charge in [0.2, 0.25) is 15.9 Å². The predicted octanol–water partition coefficient (Wildman–Crippen LogP) is 1.51. The summed E-state index contributed by atoms with van der Waals surface area (Å²) in [5.74, 6) is -0.0533. The van der Waals surface area contributed by atoms with Crippen molar-refractivity contribution < 1.29 is 17.9 Å². The topological polar surface area (TPSA) is 93.5 Å². The highest BCUT2D eigenvalue weighted by Gasteiger charge is 2.42. The second-order valence-corrected chi connectivity index (χ2v) is 9.33.